The Morgan fingerprint density at radius 3 is 2.83 bits per heavy atom. The Kier molecular flexibility index (Phi) is 1.91. The van der Waals surface area contributed by atoms with Crippen molar-refractivity contribution in [3.63, 3.8) is 0 Å². The lowest BCUT2D eigenvalue weighted by atomic mass is 10.1. The minimum absolute atomic E-state index is 0.609. The Hall–Kier alpha value is -0.790. The molecule has 12 heavy (non-hydrogen) atoms. The molecule has 1 heterocycles. The van der Waals surface area contributed by atoms with Crippen molar-refractivity contribution in [3.05, 3.63) is 18.0 Å². The maximum Gasteiger partial charge on any atom is 0.0524 e. The molecule has 1 aromatic rings. The first kappa shape index (κ1) is 7.84. The van der Waals surface area contributed by atoms with Crippen LogP contribution in [-0.2, 0) is 6.54 Å². The van der Waals surface area contributed by atoms with Crippen molar-refractivity contribution >= 4 is 0 Å². The van der Waals surface area contributed by atoms with Crippen LogP contribution in [0.15, 0.2) is 12.4 Å². The zero-order valence-electron chi connectivity index (χ0n) is 7.83. The Bertz CT molecular complexity index is 259. The summed E-state index contributed by atoms with van der Waals surface area (Å²) in [6, 6.07) is 0. The van der Waals surface area contributed by atoms with Gasteiger partial charge in [0.05, 0.1) is 6.20 Å². The predicted octanol–water partition coefficient (Wildman–Crippen LogP) is 2.42. The molecule has 1 aliphatic carbocycles. The van der Waals surface area contributed by atoms with Crippen LogP contribution in [0, 0.1) is 5.92 Å². The lowest BCUT2D eigenvalue weighted by molar-refractivity contribution is 0.562. The third-order valence-corrected chi connectivity index (χ3v) is 2.46. The van der Waals surface area contributed by atoms with E-state index in [4.69, 9.17) is 0 Å². The van der Waals surface area contributed by atoms with Gasteiger partial charge in [-0.15, -0.1) is 0 Å². The second-order valence-electron chi connectivity index (χ2n) is 4.09. The van der Waals surface area contributed by atoms with Crippen LogP contribution in [-0.4, -0.2) is 9.78 Å². The monoisotopic (exact) mass is 164 g/mol. The topological polar surface area (TPSA) is 17.8 Å². The summed E-state index contributed by atoms with van der Waals surface area (Å²) in [4.78, 5) is 0. The molecular weight excluding hydrogens is 148 g/mol. The van der Waals surface area contributed by atoms with E-state index in [1.807, 2.05) is 6.20 Å². The second-order valence-corrected chi connectivity index (χ2v) is 4.09. The van der Waals surface area contributed by atoms with E-state index < -0.39 is 0 Å². The van der Waals surface area contributed by atoms with Gasteiger partial charge in [0, 0.05) is 12.7 Å². The molecule has 0 atom stereocenters. The average molecular weight is 164 g/mol. The maximum atomic E-state index is 4.33. The highest BCUT2D eigenvalue weighted by Gasteiger charge is 2.21. The van der Waals surface area contributed by atoms with Crippen LogP contribution < -0.4 is 0 Å². The van der Waals surface area contributed by atoms with Crippen molar-refractivity contribution in [2.45, 2.75) is 39.2 Å². The maximum absolute atomic E-state index is 4.33. The predicted molar refractivity (Wildman–Crippen MR) is 49.0 cm³/mol. The summed E-state index contributed by atoms with van der Waals surface area (Å²) in [6.45, 7) is 5.55. The molecule has 2 rings (SSSR count). The van der Waals surface area contributed by atoms with E-state index in [0.29, 0.717) is 5.92 Å². The van der Waals surface area contributed by atoms with E-state index in [0.717, 1.165) is 12.5 Å². The summed E-state index contributed by atoms with van der Waals surface area (Å²) in [5, 5.41) is 4.33. The van der Waals surface area contributed by atoms with E-state index in [9.17, 15) is 0 Å². The van der Waals surface area contributed by atoms with E-state index in [1.165, 1.54) is 18.4 Å². The van der Waals surface area contributed by atoms with Crippen LogP contribution in [0.5, 0.6) is 0 Å². The summed E-state index contributed by atoms with van der Waals surface area (Å²) in [5.74, 6) is 1.53. The van der Waals surface area contributed by atoms with Crippen LogP contribution in [0.25, 0.3) is 0 Å². The van der Waals surface area contributed by atoms with Crippen molar-refractivity contribution in [3.8, 4) is 0 Å². The number of aromatic nitrogens is 2. The smallest absolute Gasteiger partial charge is 0.0524 e. The largest absolute Gasteiger partial charge is 0.272 e. The highest BCUT2D eigenvalue weighted by Crippen LogP contribution is 2.30. The van der Waals surface area contributed by atoms with Gasteiger partial charge in [-0.2, -0.15) is 5.10 Å². The molecule has 0 spiro atoms. The Balaban J connectivity index is 2.02. The van der Waals surface area contributed by atoms with Gasteiger partial charge in [0.15, 0.2) is 0 Å². The van der Waals surface area contributed by atoms with Gasteiger partial charge in [-0.05, 0) is 30.2 Å². The minimum atomic E-state index is 0.609. The molecular formula is C10H16N2. The molecule has 0 amide bonds. The number of hydrogen-bond acceptors (Lipinski definition) is 1. The molecule has 66 valence electrons. The van der Waals surface area contributed by atoms with Gasteiger partial charge in [-0.1, -0.05) is 13.8 Å². The molecule has 0 unspecified atom stereocenters. The Morgan fingerprint density at radius 2 is 2.33 bits per heavy atom. The van der Waals surface area contributed by atoms with Gasteiger partial charge < -0.3 is 0 Å². The van der Waals surface area contributed by atoms with Gasteiger partial charge in [-0.3, -0.25) is 4.68 Å². The van der Waals surface area contributed by atoms with Crippen LogP contribution in [0.3, 0.4) is 0 Å². The number of hydrogen-bond donors (Lipinski definition) is 0. The summed E-state index contributed by atoms with van der Waals surface area (Å²) < 4.78 is 2.09. The SMILES string of the molecule is CC(C)c1cnn(CC2CC2)c1. The zero-order chi connectivity index (χ0) is 8.55. The molecule has 1 aromatic heterocycles. The molecule has 0 aliphatic heterocycles. The first-order valence-corrected chi connectivity index (χ1v) is 4.78. The molecule has 0 N–H and O–H groups in total. The Morgan fingerprint density at radius 1 is 1.58 bits per heavy atom. The molecule has 0 bridgehead atoms. The average Bonchev–Trinajstić information content (AvgIpc) is 2.66. The molecule has 1 aliphatic rings. The fraction of sp³-hybridized carbons (Fsp3) is 0.700. The summed E-state index contributed by atoms with van der Waals surface area (Å²) >= 11 is 0. The van der Waals surface area contributed by atoms with Crippen LogP contribution in [0.2, 0.25) is 0 Å². The van der Waals surface area contributed by atoms with E-state index in [2.05, 4.69) is 29.8 Å². The molecule has 1 saturated carbocycles. The van der Waals surface area contributed by atoms with Gasteiger partial charge in [0.25, 0.3) is 0 Å². The van der Waals surface area contributed by atoms with Crippen molar-refractivity contribution in [1.29, 1.82) is 0 Å². The number of nitrogens with zero attached hydrogens (tertiary/aromatic N) is 2. The Labute approximate surface area is 73.6 Å². The fourth-order valence-electron chi connectivity index (χ4n) is 1.34. The normalized spacial score (nSPS) is 17.2. The van der Waals surface area contributed by atoms with Gasteiger partial charge in [0.2, 0.25) is 0 Å². The highest BCUT2D eigenvalue weighted by molar-refractivity contribution is 5.08. The van der Waals surface area contributed by atoms with Gasteiger partial charge >= 0.3 is 0 Å². The van der Waals surface area contributed by atoms with Crippen molar-refractivity contribution in [2.75, 3.05) is 0 Å². The standard InChI is InChI=1S/C10H16N2/c1-8(2)10-5-11-12(7-10)6-9-3-4-9/h5,7-9H,3-4,6H2,1-2H3. The van der Waals surface area contributed by atoms with Crippen molar-refractivity contribution in [2.24, 2.45) is 5.92 Å². The third-order valence-electron chi connectivity index (χ3n) is 2.46. The molecule has 0 aromatic carbocycles. The quantitative estimate of drug-likeness (QED) is 0.670. The molecule has 0 saturated heterocycles. The van der Waals surface area contributed by atoms with E-state index in [1.54, 1.807) is 0 Å². The first-order valence-electron chi connectivity index (χ1n) is 4.78. The molecule has 0 radical (unpaired) electrons. The lowest BCUT2D eigenvalue weighted by Crippen LogP contribution is -1.99. The van der Waals surface area contributed by atoms with Crippen LogP contribution in [0.4, 0.5) is 0 Å². The lowest BCUT2D eigenvalue weighted by Gasteiger charge is -1.98. The van der Waals surface area contributed by atoms with Gasteiger partial charge in [-0.25, -0.2) is 0 Å². The summed E-state index contributed by atoms with van der Waals surface area (Å²) in [5.41, 5.74) is 1.36. The molecule has 2 heteroatoms. The van der Waals surface area contributed by atoms with E-state index >= 15 is 0 Å². The first-order chi connectivity index (χ1) is 5.75. The summed E-state index contributed by atoms with van der Waals surface area (Å²) in [7, 11) is 0. The minimum Gasteiger partial charge on any atom is -0.272 e. The molecule has 1 fully saturated rings. The molecule has 2 nitrogen and oxygen atoms in total. The van der Waals surface area contributed by atoms with Crippen LogP contribution in [0.1, 0.15) is 38.2 Å². The van der Waals surface area contributed by atoms with Crippen molar-refractivity contribution < 1.29 is 0 Å². The van der Waals surface area contributed by atoms with Crippen molar-refractivity contribution in [1.82, 2.24) is 9.78 Å². The highest BCUT2D eigenvalue weighted by atomic mass is 15.3. The summed E-state index contributed by atoms with van der Waals surface area (Å²) in [6.07, 6.45) is 6.98. The third kappa shape index (κ3) is 1.68. The van der Waals surface area contributed by atoms with Gasteiger partial charge in [0.1, 0.15) is 0 Å². The van der Waals surface area contributed by atoms with E-state index in [-0.39, 0.29) is 0 Å². The fourth-order valence-corrected chi connectivity index (χ4v) is 1.34. The second kappa shape index (κ2) is 2.92. The number of rotatable bonds is 3. The van der Waals surface area contributed by atoms with Crippen LogP contribution >= 0.6 is 0 Å². The zero-order valence-corrected chi connectivity index (χ0v) is 7.83.